The number of carbonyl (C=O) groups is 2. The molecule has 1 aromatic carbocycles. The second kappa shape index (κ2) is 12.7. The van der Waals surface area contributed by atoms with E-state index in [1.54, 1.807) is 37.7 Å². The molecule has 2 amide bonds. The zero-order chi connectivity index (χ0) is 27.0. The van der Waals surface area contributed by atoms with Crippen molar-refractivity contribution in [3.8, 4) is 6.01 Å². The molecule has 39 heavy (non-hydrogen) atoms. The fourth-order valence-electron chi connectivity index (χ4n) is 4.61. The third kappa shape index (κ3) is 6.89. The van der Waals surface area contributed by atoms with Crippen molar-refractivity contribution >= 4 is 23.5 Å². The Hall–Kier alpha value is -4.03. The minimum Gasteiger partial charge on any atom is -0.460 e. The van der Waals surface area contributed by atoms with Gasteiger partial charge in [-0.3, -0.25) is 9.59 Å². The van der Waals surface area contributed by atoms with Crippen LogP contribution in [0, 0.1) is 0 Å². The molecule has 5 rings (SSSR count). The summed E-state index contributed by atoms with van der Waals surface area (Å²) < 4.78 is 22.1. The first-order valence-electron chi connectivity index (χ1n) is 13.0. The number of aromatic nitrogens is 3. The molecule has 2 fully saturated rings. The monoisotopic (exact) mass is 536 g/mol. The number of hydrogen-bond donors (Lipinski definition) is 2. The van der Waals surface area contributed by atoms with Crippen molar-refractivity contribution in [3.05, 3.63) is 59.7 Å². The van der Waals surface area contributed by atoms with Gasteiger partial charge in [0.25, 0.3) is 17.8 Å². The number of methoxy groups -OCH3 is 1. The molecule has 2 aliphatic heterocycles. The molecule has 12 nitrogen and oxygen atoms in total. The molecule has 12 heteroatoms. The van der Waals surface area contributed by atoms with Crippen LogP contribution in [0.2, 0.25) is 0 Å². The standard InChI is InChI=1S/C27H32N6O6/c1-36-16-18-3-4-21(24(34)30-19-7-13-37-14-8-19)22(15-18)31-25(35)23-17-38-27(32-23)33-11-5-20(6-12-33)39-26-28-9-2-10-29-26/h2-4,9-10,15,17,19-20H,5-8,11-14,16H2,1H3,(H,30,34)(H,31,35). The van der Waals surface area contributed by atoms with Gasteiger partial charge in [0.15, 0.2) is 5.69 Å². The molecule has 0 atom stereocenters. The second-order valence-corrected chi connectivity index (χ2v) is 9.48. The van der Waals surface area contributed by atoms with Crippen molar-refractivity contribution < 1.29 is 28.2 Å². The molecule has 206 valence electrons. The van der Waals surface area contributed by atoms with Crippen LogP contribution < -0.4 is 20.3 Å². The normalized spacial score (nSPS) is 16.6. The Morgan fingerprint density at radius 1 is 1.08 bits per heavy atom. The molecule has 4 heterocycles. The van der Waals surface area contributed by atoms with Gasteiger partial charge < -0.3 is 34.2 Å². The number of rotatable bonds is 9. The van der Waals surface area contributed by atoms with E-state index in [4.69, 9.17) is 18.6 Å². The molecule has 0 bridgehead atoms. The molecule has 0 unspecified atom stereocenters. The van der Waals surface area contributed by atoms with Crippen LogP contribution in [0.1, 0.15) is 52.1 Å². The number of carbonyl (C=O) groups excluding carboxylic acids is 2. The maximum Gasteiger partial charge on any atom is 0.316 e. The summed E-state index contributed by atoms with van der Waals surface area (Å²) in [5.41, 5.74) is 1.68. The minimum absolute atomic E-state index is 0.00791. The molecule has 0 radical (unpaired) electrons. The van der Waals surface area contributed by atoms with Gasteiger partial charge in [-0.2, -0.15) is 4.98 Å². The zero-order valence-electron chi connectivity index (χ0n) is 21.8. The van der Waals surface area contributed by atoms with Crippen LogP contribution in [0.5, 0.6) is 6.01 Å². The predicted molar refractivity (Wildman–Crippen MR) is 141 cm³/mol. The van der Waals surface area contributed by atoms with Gasteiger partial charge in [-0.1, -0.05) is 6.07 Å². The number of oxazole rings is 1. The van der Waals surface area contributed by atoms with E-state index in [1.807, 2.05) is 11.0 Å². The number of nitrogens with zero attached hydrogens (tertiary/aromatic N) is 4. The predicted octanol–water partition coefficient (Wildman–Crippen LogP) is 2.82. The molecule has 0 aliphatic carbocycles. The average Bonchev–Trinajstić information content (AvgIpc) is 3.46. The lowest BCUT2D eigenvalue weighted by Crippen LogP contribution is -2.39. The summed E-state index contributed by atoms with van der Waals surface area (Å²) in [6, 6.07) is 7.74. The summed E-state index contributed by atoms with van der Waals surface area (Å²) in [4.78, 5) is 40.8. The van der Waals surface area contributed by atoms with Crippen LogP contribution in [-0.2, 0) is 16.1 Å². The average molecular weight is 537 g/mol. The van der Waals surface area contributed by atoms with Crippen LogP contribution >= 0.6 is 0 Å². The van der Waals surface area contributed by atoms with Crippen molar-refractivity contribution in [1.82, 2.24) is 20.3 Å². The van der Waals surface area contributed by atoms with E-state index in [0.29, 0.717) is 56.2 Å². The SMILES string of the molecule is COCc1ccc(C(=O)NC2CCOCC2)c(NC(=O)c2coc(N3CCC(Oc4ncccn4)CC3)n2)c1. The van der Waals surface area contributed by atoms with E-state index in [9.17, 15) is 9.59 Å². The van der Waals surface area contributed by atoms with Crippen LogP contribution in [0.25, 0.3) is 0 Å². The fraction of sp³-hybridized carbons (Fsp3) is 0.444. The first kappa shape index (κ1) is 26.6. The molecule has 2 saturated heterocycles. The van der Waals surface area contributed by atoms with Crippen LogP contribution in [0.3, 0.4) is 0 Å². The Kier molecular flexibility index (Phi) is 8.64. The van der Waals surface area contributed by atoms with E-state index >= 15 is 0 Å². The second-order valence-electron chi connectivity index (χ2n) is 9.48. The van der Waals surface area contributed by atoms with Crippen LogP contribution in [0.15, 0.2) is 47.3 Å². The Morgan fingerprint density at radius 2 is 1.85 bits per heavy atom. The number of amides is 2. The third-order valence-electron chi connectivity index (χ3n) is 6.70. The van der Waals surface area contributed by atoms with Crippen LogP contribution in [0.4, 0.5) is 11.7 Å². The topological polar surface area (TPSA) is 141 Å². The van der Waals surface area contributed by atoms with Gasteiger partial charge in [-0.25, -0.2) is 9.97 Å². The van der Waals surface area contributed by atoms with E-state index < -0.39 is 5.91 Å². The summed E-state index contributed by atoms with van der Waals surface area (Å²) in [5, 5.41) is 5.89. The highest BCUT2D eigenvalue weighted by Crippen LogP contribution is 2.24. The van der Waals surface area contributed by atoms with Gasteiger partial charge in [0.2, 0.25) is 0 Å². The summed E-state index contributed by atoms with van der Waals surface area (Å²) in [5.74, 6) is -0.730. The van der Waals surface area contributed by atoms with Gasteiger partial charge in [0, 0.05) is 64.7 Å². The Balaban J connectivity index is 1.22. The number of benzene rings is 1. The number of piperidine rings is 1. The van der Waals surface area contributed by atoms with Gasteiger partial charge in [-0.15, -0.1) is 0 Å². The number of ether oxygens (including phenoxy) is 3. The molecule has 2 aromatic heterocycles. The minimum atomic E-state index is -0.473. The van der Waals surface area contributed by atoms with Crippen LogP contribution in [-0.4, -0.2) is 72.3 Å². The van der Waals surface area contributed by atoms with Gasteiger partial charge >= 0.3 is 6.01 Å². The maximum atomic E-state index is 13.1. The summed E-state index contributed by atoms with van der Waals surface area (Å²) in [7, 11) is 1.59. The van der Waals surface area contributed by atoms with Crippen molar-refractivity contribution in [3.63, 3.8) is 0 Å². The molecule has 3 aromatic rings. The summed E-state index contributed by atoms with van der Waals surface area (Å²) in [6.07, 6.45) is 7.58. The Labute approximate surface area is 226 Å². The summed E-state index contributed by atoms with van der Waals surface area (Å²) >= 11 is 0. The van der Waals surface area contributed by atoms with E-state index in [-0.39, 0.29) is 23.7 Å². The number of anilines is 2. The van der Waals surface area contributed by atoms with E-state index in [2.05, 4.69) is 25.6 Å². The molecular formula is C27H32N6O6. The quantitative estimate of drug-likeness (QED) is 0.419. The maximum absolute atomic E-state index is 13.1. The molecule has 2 aliphatic rings. The van der Waals surface area contributed by atoms with Crippen molar-refractivity contribution in [2.45, 2.75) is 44.4 Å². The molecular weight excluding hydrogens is 504 g/mol. The molecule has 2 N–H and O–H groups in total. The van der Waals surface area contributed by atoms with E-state index in [1.165, 1.54) is 6.26 Å². The number of nitrogens with one attached hydrogen (secondary N) is 2. The highest BCUT2D eigenvalue weighted by atomic mass is 16.5. The lowest BCUT2D eigenvalue weighted by Gasteiger charge is -2.30. The van der Waals surface area contributed by atoms with E-state index in [0.717, 1.165) is 31.2 Å². The molecule has 0 saturated carbocycles. The first-order chi connectivity index (χ1) is 19.1. The first-order valence-corrected chi connectivity index (χ1v) is 13.0. The lowest BCUT2D eigenvalue weighted by atomic mass is 10.1. The molecule has 0 spiro atoms. The summed E-state index contributed by atoms with van der Waals surface area (Å²) in [6.45, 7) is 2.86. The number of hydrogen-bond acceptors (Lipinski definition) is 10. The van der Waals surface area contributed by atoms with Gasteiger partial charge in [0.05, 0.1) is 17.9 Å². The Morgan fingerprint density at radius 3 is 2.59 bits per heavy atom. The smallest absolute Gasteiger partial charge is 0.316 e. The largest absolute Gasteiger partial charge is 0.460 e. The van der Waals surface area contributed by atoms with Gasteiger partial charge in [-0.05, 0) is 36.6 Å². The van der Waals surface area contributed by atoms with Crippen molar-refractivity contribution in [2.75, 3.05) is 43.6 Å². The Bertz CT molecular complexity index is 1250. The third-order valence-corrected chi connectivity index (χ3v) is 6.70. The van der Waals surface area contributed by atoms with Gasteiger partial charge in [0.1, 0.15) is 12.4 Å². The highest BCUT2D eigenvalue weighted by Gasteiger charge is 2.26. The fourth-order valence-corrected chi connectivity index (χ4v) is 4.61. The lowest BCUT2D eigenvalue weighted by molar-refractivity contribution is 0.0697. The van der Waals surface area contributed by atoms with Crippen molar-refractivity contribution in [2.24, 2.45) is 0 Å². The van der Waals surface area contributed by atoms with Crippen molar-refractivity contribution in [1.29, 1.82) is 0 Å². The zero-order valence-corrected chi connectivity index (χ0v) is 21.8. The highest BCUT2D eigenvalue weighted by molar-refractivity contribution is 6.08.